The Morgan fingerprint density at radius 3 is 2.10 bits per heavy atom. The van der Waals surface area contributed by atoms with E-state index in [4.69, 9.17) is 0 Å². The van der Waals surface area contributed by atoms with Crippen molar-refractivity contribution in [2.24, 2.45) is 10.8 Å². The molecule has 0 unspecified atom stereocenters. The Morgan fingerprint density at radius 1 is 1.14 bits per heavy atom. The number of aliphatic hydroxyl groups is 1. The van der Waals surface area contributed by atoms with Crippen LogP contribution in [0.15, 0.2) is 0 Å². The fourth-order valence-corrected chi connectivity index (χ4v) is 3.20. The SMILES string of the molecule is CN(C[C@H](O)CNC(=O)C1(C)CCC1)C(=O)C1(C)CCC1. The van der Waals surface area contributed by atoms with Gasteiger partial charge in [0.1, 0.15) is 0 Å². The highest BCUT2D eigenvalue weighted by Gasteiger charge is 2.41. The predicted octanol–water partition coefficient (Wildman–Crippen LogP) is 1.30. The van der Waals surface area contributed by atoms with E-state index in [-0.39, 0.29) is 35.7 Å². The van der Waals surface area contributed by atoms with Gasteiger partial charge in [-0.1, -0.05) is 26.7 Å². The van der Waals surface area contributed by atoms with Crippen LogP contribution < -0.4 is 5.32 Å². The zero-order valence-electron chi connectivity index (χ0n) is 13.4. The molecule has 2 amide bonds. The molecule has 1 atom stereocenters. The fourth-order valence-electron chi connectivity index (χ4n) is 3.20. The highest BCUT2D eigenvalue weighted by Crippen LogP contribution is 2.42. The van der Waals surface area contributed by atoms with Crippen LogP contribution in [0.4, 0.5) is 0 Å². The van der Waals surface area contributed by atoms with Crippen LogP contribution in [0.1, 0.15) is 52.4 Å². The molecule has 0 aromatic heterocycles. The number of hydrogen-bond acceptors (Lipinski definition) is 3. The highest BCUT2D eigenvalue weighted by atomic mass is 16.3. The summed E-state index contributed by atoms with van der Waals surface area (Å²) in [6.07, 6.45) is 5.20. The lowest BCUT2D eigenvalue weighted by Crippen LogP contribution is -2.50. The molecule has 0 aliphatic heterocycles. The van der Waals surface area contributed by atoms with Gasteiger partial charge < -0.3 is 15.3 Å². The van der Waals surface area contributed by atoms with Gasteiger partial charge in [0.05, 0.1) is 6.10 Å². The first kappa shape index (κ1) is 16.3. The van der Waals surface area contributed by atoms with Crippen LogP contribution in [0.5, 0.6) is 0 Å². The van der Waals surface area contributed by atoms with Gasteiger partial charge in [0.2, 0.25) is 11.8 Å². The lowest BCUT2D eigenvalue weighted by atomic mass is 9.69. The molecule has 0 spiro atoms. The van der Waals surface area contributed by atoms with Crippen molar-refractivity contribution in [2.45, 2.75) is 58.5 Å². The van der Waals surface area contributed by atoms with E-state index >= 15 is 0 Å². The smallest absolute Gasteiger partial charge is 0.228 e. The summed E-state index contributed by atoms with van der Waals surface area (Å²) in [5.74, 6) is 0.123. The summed E-state index contributed by atoms with van der Waals surface area (Å²) >= 11 is 0. The summed E-state index contributed by atoms with van der Waals surface area (Å²) < 4.78 is 0. The summed E-state index contributed by atoms with van der Waals surface area (Å²) in [6, 6.07) is 0. The molecule has 2 saturated carbocycles. The average molecular weight is 296 g/mol. The quantitative estimate of drug-likeness (QED) is 0.776. The minimum absolute atomic E-state index is 0.0211. The lowest BCUT2D eigenvalue weighted by molar-refractivity contribution is -0.145. The third-order valence-electron chi connectivity index (χ3n) is 5.31. The maximum atomic E-state index is 12.3. The van der Waals surface area contributed by atoms with Crippen molar-refractivity contribution in [1.82, 2.24) is 10.2 Å². The van der Waals surface area contributed by atoms with Gasteiger partial charge in [-0.2, -0.15) is 0 Å². The highest BCUT2D eigenvalue weighted by molar-refractivity contribution is 5.83. The van der Waals surface area contributed by atoms with Gasteiger partial charge in [-0.05, 0) is 25.7 Å². The van der Waals surface area contributed by atoms with Gasteiger partial charge in [0.25, 0.3) is 0 Å². The first-order chi connectivity index (χ1) is 9.77. The molecule has 21 heavy (non-hydrogen) atoms. The third kappa shape index (κ3) is 3.39. The molecule has 5 nitrogen and oxygen atoms in total. The van der Waals surface area contributed by atoms with Crippen molar-refractivity contribution < 1.29 is 14.7 Å². The Balaban J connectivity index is 1.72. The van der Waals surface area contributed by atoms with Gasteiger partial charge in [-0.25, -0.2) is 0 Å². The molecular weight excluding hydrogens is 268 g/mol. The summed E-state index contributed by atoms with van der Waals surface area (Å²) in [7, 11) is 1.73. The maximum absolute atomic E-state index is 12.3. The topological polar surface area (TPSA) is 69.6 Å². The molecule has 2 rings (SSSR count). The number of amides is 2. The van der Waals surface area contributed by atoms with E-state index in [2.05, 4.69) is 5.32 Å². The van der Waals surface area contributed by atoms with E-state index in [1.807, 2.05) is 13.8 Å². The van der Waals surface area contributed by atoms with Crippen molar-refractivity contribution >= 4 is 11.8 Å². The van der Waals surface area contributed by atoms with Gasteiger partial charge in [0, 0.05) is 31.0 Å². The Morgan fingerprint density at radius 2 is 1.67 bits per heavy atom. The number of nitrogens with zero attached hydrogens (tertiary/aromatic N) is 1. The van der Waals surface area contributed by atoms with E-state index in [0.29, 0.717) is 0 Å². The minimum atomic E-state index is -0.713. The molecule has 5 heteroatoms. The first-order valence-electron chi connectivity index (χ1n) is 7.99. The first-order valence-corrected chi connectivity index (χ1v) is 7.99. The Labute approximate surface area is 127 Å². The molecule has 120 valence electrons. The van der Waals surface area contributed by atoms with Crippen LogP contribution in [0.3, 0.4) is 0 Å². The Bertz CT molecular complexity index is 414. The Hall–Kier alpha value is -1.10. The van der Waals surface area contributed by atoms with Crippen molar-refractivity contribution in [3.63, 3.8) is 0 Å². The van der Waals surface area contributed by atoms with Gasteiger partial charge in [-0.3, -0.25) is 9.59 Å². The number of rotatable bonds is 6. The maximum Gasteiger partial charge on any atom is 0.228 e. The average Bonchev–Trinajstić information content (AvgIpc) is 2.38. The number of nitrogens with one attached hydrogen (secondary N) is 1. The lowest BCUT2D eigenvalue weighted by Gasteiger charge is -2.40. The fraction of sp³-hybridized carbons (Fsp3) is 0.875. The van der Waals surface area contributed by atoms with Gasteiger partial charge in [0.15, 0.2) is 0 Å². The van der Waals surface area contributed by atoms with Crippen LogP contribution in [0, 0.1) is 10.8 Å². The standard InChI is InChI=1S/C16H28N2O3/c1-15(6-4-7-15)13(20)17-10-12(19)11-18(3)14(21)16(2)8-5-9-16/h12,19H,4-11H2,1-3H3,(H,17,20)/t12-/m1/s1. The number of likely N-dealkylation sites (N-methyl/N-ethyl adjacent to an activating group) is 1. The monoisotopic (exact) mass is 296 g/mol. The van der Waals surface area contributed by atoms with E-state index in [1.54, 1.807) is 11.9 Å². The predicted molar refractivity (Wildman–Crippen MR) is 80.6 cm³/mol. The molecule has 2 fully saturated rings. The van der Waals surface area contributed by atoms with Crippen LogP contribution in [-0.4, -0.2) is 48.1 Å². The van der Waals surface area contributed by atoms with Crippen LogP contribution in [-0.2, 0) is 9.59 Å². The molecule has 0 saturated heterocycles. The number of hydrogen-bond donors (Lipinski definition) is 2. The van der Waals surface area contributed by atoms with Crippen LogP contribution in [0.2, 0.25) is 0 Å². The van der Waals surface area contributed by atoms with Gasteiger partial charge >= 0.3 is 0 Å². The molecule has 0 aromatic rings. The second-order valence-electron chi connectivity index (χ2n) is 7.38. The summed E-state index contributed by atoms with van der Waals surface area (Å²) in [5, 5.41) is 12.8. The largest absolute Gasteiger partial charge is 0.389 e. The minimum Gasteiger partial charge on any atom is -0.389 e. The second kappa shape index (κ2) is 5.95. The van der Waals surface area contributed by atoms with Crippen molar-refractivity contribution in [3.05, 3.63) is 0 Å². The second-order valence-corrected chi connectivity index (χ2v) is 7.38. The normalized spacial score (nSPS) is 23.4. The zero-order chi connectivity index (χ0) is 15.7. The summed E-state index contributed by atoms with van der Waals surface area (Å²) in [5.41, 5.74) is -0.488. The molecule has 2 aliphatic rings. The van der Waals surface area contributed by atoms with Crippen LogP contribution >= 0.6 is 0 Å². The van der Waals surface area contributed by atoms with E-state index in [9.17, 15) is 14.7 Å². The molecule has 0 aromatic carbocycles. The summed E-state index contributed by atoms with van der Waals surface area (Å²) in [4.78, 5) is 25.8. The van der Waals surface area contributed by atoms with Crippen molar-refractivity contribution in [1.29, 1.82) is 0 Å². The molecule has 2 N–H and O–H groups in total. The Kier molecular flexibility index (Phi) is 4.61. The molecule has 0 radical (unpaired) electrons. The zero-order valence-corrected chi connectivity index (χ0v) is 13.4. The van der Waals surface area contributed by atoms with Gasteiger partial charge in [-0.15, -0.1) is 0 Å². The van der Waals surface area contributed by atoms with Crippen molar-refractivity contribution in [3.8, 4) is 0 Å². The van der Waals surface area contributed by atoms with Crippen molar-refractivity contribution in [2.75, 3.05) is 20.1 Å². The number of aliphatic hydroxyl groups excluding tert-OH is 1. The summed E-state index contributed by atoms with van der Waals surface area (Å²) in [6.45, 7) is 4.43. The molecule has 2 aliphatic carbocycles. The number of carbonyl (C=O) groups excluding carboxylic acids is 2. The van der Waals surface area contributed by atoms with E-state index in [0.717, 1.165) is 38.5 Å². The molecule has 0 bridgehead atoms. The molecule has 0 heterocycles. The van der Waals surface area contributed by atoms with E-state index in [1.165, 1.54) is 0 Å². The van der Waals surface area contributed by atoms with Crippen LogP contribution in [0.25, 0.3) is 0 Å². The third-order valence-corrected chi connectivity index (χ3v) is 5.31. The number of carbonyl (C=O) groups is 2. The van der Waals surface area contributed by atoms with E-state index < -0.39 is 6.10 Å². The molecular formula is C16H28N2O3.